The molecule has 28 heavy (non-hydrogen) atoms. The van der Waals surface area contributed by atoms with Crippen LogP contribution < -0.4 is 10.6 Å². The summed E-state index contributed by atoms with van der Waals surface area (Å²) >= 11 is 0. The number of furan rings is 1. The highest BCUT2D eigenvalue weighted by atomic mass is 16.5. The summed E-state index contributed by atoms with van der Waals surface area (Å²) in [6.07, 6.45) is 2.43. The van der Waals surface area contributed by atoms with Crippen LogP contribution in [0.2, 0.25) is 0 Å². The van der Waals surface area contributed by atoms with Crippen LogP contribution in [0, 0.1) is 5.92 Å². The Hall–Kier alpha value is -2.06. The van der Waals surface area contributed by atoms with E-state index in [2.05, 4.69) is 34.4 Å². The summed E-state index contributed by atoms with van der Waals surface area (Å²) in [4.78, 5) is 20.4. The maximum atomic E-state index is 11.9. The molecule has 2 rings (SSSR count). The first kappa shape index (κ1) is 22.2. The third kappa shape index (κ3) is 7.52. The number of amides is 1. The van der Waals surface area contributed by atoms with Crippen LogP contribution in [-0.4, -0.2) is 87.7 Å². The highest BCUT2D eigenvalue weighted by Gasteiger charge is 2.24. The van der Waals surface area contributed by atoms with Crippen molar-refractivity contribution in [3.05, 3.63) is 24.2 Å². The summed E-state index contributed by atoms with van der Waals surface area (Å²) in [7, 11) is 3.48. The number of ether oxygens (including phenoxy) is 1. The standard InChI is InChI=1S/C20H35N5O3/c1-16(2)18(25-9-12-27-13-10-25)14-22-20(23-15-19(26)24(3)4)21-8-7-17-6-5-11-28-17/h5-6,11,16,18H,7-10,12-15H2,1-4H3,(H2,21,22,23). The summed E-state index contributed by atoms with van der Waals surface area (Å²) in [5, 5.41) is 6.74. The van der Waals surface area contributed by atoms with Crippen LogP contribution in [-0.2, 0) is 16.0 Å². The monoisotopic (exact) mass is 393 g/mol. The van der Waals surface area contributed by atoms with Gasteiger partial charge in [0.05, 0.1) is 19.5 Å². The van der Waals surface area contributed by atoms with Crippen molar-refractivity contribution in [2.75, 3.05) is 60.0 Å². The summed E-state index contributed by atoms with van der Waals surface area (Å²) in [6.45, 7) is 9.49. The van der Waals surface area contributed by atoms with Crippen LogP contribution in [0.5, 0.6) is 0 Å². The minimum Gasteiger partial charge on any atom is -0.469 e. The molecule has 1 aromatic heterocycles. The predicted octanol–water partition coefficient (Wildman–Crippen LogP) is 0.802. The Labute approximate surface area is 168 Å². The first-order chi connectivity index (χ1) is 13.5. The molecule has 1 aliphatic heterocycles. The molecule has 1 atom stereocenters. The van der Waals surface area contributed by atoms with Gasteiger partial charge < -0.3 is 24.7 Å². The molecule has 1 unspecified atom stereocenters. The zero-order valence-electron chi connectivity index (χ0n) is 17.6. The average molecular weight is 394 g/mol. The molecule has 0 bridgehead atoms. The number of likely N-dealkylation sites (N-methyl/N-ethyl adjacent to an activating group) is 1. The van der Waals surface area contributed by atoms with Crippen molar-refractivity contribution in [2.45, 2.75) is 26.3 Å². The van der Waals surface area contributed by atoms with Gasteiger partial charge in [-0.25, -0.2) is 4.99 Å². The fourth-order valence-corrected chi connectivity index (χ4v) is 3.12. The smallest absolute Gasteiger partial charge is 0.243 e. The Bertz CT molecular complexity index is 595. The molecule has 0 saturated carbocycles. The van der Waals surface area contributed by atoms with Gasteiger partial charge in [-0.15, -0.1) is 0 Å². The molecule has 158 valence electrons. The van der Waals surface area contributed by atoms with Crippen molar-refractivity contribution in [3.8, 4) is 0 Å². The highest BCUT2D eigenvalue weighted by molar-refractivity contribution is 5.84. The molecule has 1 fully saturated rings. The molecule has 0 aromatic carbocycles. The fourth-order valence-electron chi connectivity index (χ4n) is 3.12. The molecule has 0 aliphatic carbocycles. The fraction of sp³-hybridized carbons (Fsp3) is 0.700. The number of carbonyl (C=O) groups is 1. The highest BCUT2D eigenvalue weighted by Crippen LogP contribution is 2.12. The molecule has 2 N–H and O–H groups in total. The molecule has 2 heterocycles. The second kappa shape index (κ2) is 11.7. The van der Waals surface area contributed by atoms with E-state index < -0.39 is 0 Å². The number of rotatable bonds is 9. The average Bonchev–Trinajstić information content (AvgIpc) is 3.19. The van der Waals surface area contributed by atoms with Crippen molar-refractivity contribution in [3.63, 3.8) is 0 Å². The molecular weight excluding hydrogens is 358 g/mol. The third-order valence-corrected chi connectivity index (χ3v) is 4.88. The molecule has 8 nitrogen and oxygen atoms in total. The van der Waals surface area contributed by atoms with Gasteiger partial charge in [0.25, 0.3) is 0 Å². The Morgan fingerprint density at radius 1 is 1.29 bits per heavy atom. The van der Waals surface area contributed by atoms with Crippen LogP contribution in [0.25, 0.3) is 0 Å². The van der Waals surface area contributed by atoms with E-state index in [-0.39, 0.29) is 12.5 Å². The van der Waals surface area contributed by atoms with E-state index in [0.29, 0.717) is 24.5 Å². The summed E-state index contributed by atoms with van der Waals surface area (Å²) < 4.78 is 10.9. The van der Waals surface area contributed by atoms with Crippen molar-refractivity contribution in [1.82, 2.24) is 20.4 Å². The van der Waals surface area contributed by atoms with E-state index in [9.17, 15) is 4.79 Å². The van der Waals surface area contributed by atoms with Crippen LogP contribution >= 0.6 is 0 Å². The van der Waals surface area contributed by atoms with Gasteiger partial charge in [-0.1, -0.05) is 13.8 Å². The number of guanidine groups is 1. The zero-order chi connectivity index (χ0) is 20.4. The maximum Gasteiger partial charge on any atom is 0.243 e. The van der Waals surface area contributed by atoms with E-state index in [1.807, 2.05) is 12.1 Å². The quantitative estimate of drug-likeness (QED) is 0.477. The van der Waals surface area contributed by atoms with E-state index in [1.54, 1.807) is 25.3 Å². The third-order valence-electron chi connectivity index (χ3n) is 4.88. The van der Waals surface area contributed by atoms with Gasteiger partial charge in [0, 0.05) is 52.7 Å². The molecule has 1 aromatic rings. The second-order valence-electron chi connectivity index (χ2n) is 7.55. The maximum absolute atomic E-state index is 11.9. The number of nitrogens with zero attached hydrogens (tertiary/aromatic N) is 3. The lowest BCUT2D eigenvalue weighted by atomic mass is 10.0. The molecular formula is C20H35N5O3. The lowest BCUT2D eigenvalue weighted by Crippen LogP contribution is -2.52. The number of carbonyl (C=O) groups excluding carboxylic acids is 1. The van der Waals surface area contributed by atoms with Gasteiger partial charge >= 0.3 is 0 Å². The molecule has 8 heteroatoms. The Balaban J connectivity index is 1.93. The molecule has 0 radical (unpaired) electrons. The number of hydrogen-bond acceptors (Lipinski definition) is 5. The molecule has 1 aliphatic rings. The van der Waals surface area contributed by atoms with Crippen molar-refractivity contribution >= 4 is 11.9 Å². The Morgan fingerprint density at radius 2 is 2.04 bits per heavy atom. The first-order valence-electron chi connectivity index (χ1n) is 10.0. The SMILES string of the molecule is CC(C)C(CNC(=NCC(=O)N(C)C)NCCc1ccco1)N1CCOCC1. The second-order valence-corrected chi connectivity index (χ2v) is 7.55. The summed E-state index contributed by atoms with van der Waals surface area (Å²) in [5.74, 6) is 2.05. The van der Waals surface area contributed by atoms with Crippen molar-refractivity contribution in [1.29, 1.82) is 0 Å². The lowest BCUT2D eigenvalue weighted by Gasteiger charge is -2.37. The van der Waals surface area contributed by atoms with Gasteiger partial charge in [-0.2, -0.15) is 0 Å². The number of hydrogen-bond donors (Lipinski definition) is 2. The van der Waals surface area contributed by atoms with Gasteiger partial charge in [0.2, 0.25) is 5.91 Å². The Morgan fingerprint density at radius 3 is 2.64 bits per heavy atom. The minimum atomic E-state index is -0.0271. The van der Waals surface area contributed by atoms with E-state index in [0.717, 1.165) is 45.0 Å². The van der Waals surface area contributed by atoms with Crippen molar-refractivity contribution in [2.24, 2.45) is 10.9 Å². The van der Waals surface area contributed by atoms with Gasteiger partial charge in [0.15, 0.2) is 5.96 Å². The van der Waals surface area contributed by atoms with E-state index in [1.165, 1.54) is 0 Å². The van der Waals surface area contributed by atoms with E-state index >= 15 is 0 Å². The van der Waals surface area contributed by atoms with Crippen LogP contribution in [0.4, 0.5) is 0 Å². The number of morpholine rings is 1. The first-order valence-corrected chi connectivity index (χ1v) is 10.0. The summed E-state index contributed by atoms with van der Waals surface area (Å²) in [5.41, 5.74) is 0. The normalized spacial score (nSPS) is 16.8. The molecule has 1 amide bonds. The lowest BCUT2D eigenvalue weighted by molar-refractivity contribution is -0.127. The zero-order valence-corrected chi connectivity index (χ0v) is 17.6. The van der Waals surface area contributed by atoms with Crippen molar-refractivity contribution < 1.29 is 13.9 Å². The van der Waals surface area contributed by atoms with Crippen LogP contribution in [0.1, 0.15) is 19.6 Å². The van der Waals surface area contributed by atoms with Gasteiger partial charge in [-0.3, -0.25) is 9.69 Å². The Kier molecular flexibility index (Phi) is 9.30. The predicted molar refractivity (Wildman–Crippen MR) is 110 cm³/mol. The number of nitrogens with one attached hydrogen (secondary N) is 2. The largest absolute Gasteiger partial charge is 0.469 e. The topological polar surface area (TPSA) is 82.3 Å². The van der Waals surface area contributed by atoms with E-state index in [4.69, 9.17) is 9.15 Å². The molecule has 0 spiro atoms. The van der Waals surface area contributed by atoms with Crippen LogP contribution in [0.3, 0.4) is 0 Å². The van der Waals surface area contributed by atoms with Gasteiger partial charge in [-0.05, 0) is 18.1 Å². The van der Waals surface area contributed by atoms with Crippen LogP contribution in [0.15, 0.2) is 27.8 Å². The molecule has 1 saturated heterocycles. The number of aliphatic imine (C=N–C) groups is 1. The minimum absolute atomic E-state index is 0.0271. The van der Waals surface area contributed by atoms with Gasteiger partial charge in [0.1, 0.15) is 12.3 Å². The summed E-state index contributed by atoms with van der Waals surface area (Å²) in [6, 6.07) is 4.22.